The number of rotatable bonds is 10. The van der Waals surface area contributed by atoms with E-state index < -0.39 is 28.5 Å². The second-order valence-corrected chi connectivity index (χ2v) is 11.8. The topological polar surface area (TPSA) is 86.8 Å². The van der Waals surface area contributed by atoms with Gasteiger partial charge in [-0.25, -0.2) is 8.42 Å². The molecule has 0 fully saturated rings. The molecule has 3 rings (SSSR count). The highest BCUT2D eigenvalue weighted by atomic mass is 35.5. The molecule has 0 aliphatic rings. The summed E-state index contributed by atoms with van der Waals surface area (Å²) >= 11 is 12.4. The molecule has 10 heteroatoms. The third-order valence-electron chi connectivity index (χ3n) is 5.98. The highest BCUT2D eigenvalue weighted by Crippen LogP contribution is 2.30. The Balaban J connectivity index is 2.07. The predicted molar refractivity (Wildman–Crippen MR) is 152 cm³/mol. The number of aryl methyl sites for hydroxylation is 2. The molecule has 38 heavy (non-hydrogen) atoms. The summed E-state index contributed by atoms with van der Waals surface area (Å²) in [5, 5.41) is 3.18. The maximum Gasteiger partial charge on any atom is 0.264 e. The number of benzene rings is 3. The van der Waals surface area contributed by atoms with Gasteiger partial charge in [0.25, 0.3) is 10.0 Å². The molecule has 0 heterocycles. The average molecular weight is 577 g/mol. The van der Waals surface area contributed by atoms with Crippen molar-refractivity contribution in [3.8, 4) is 0 Å². The van der Waals surface area contributed by atoms with E-state index in [0.29, 0.717) is 6.54 Å². The first-order chi connectivity index (χ1) is 17.9. The molecule has 0 aliphatic carbocycles. The van der Waals surface area contributed by atoms with Crippen molar-refractivity contribution in [1.29, 1.82) is 0 Å². The third-order valence-corrected chi connectivity index (χ3v) is 8.20. The van der Waals surface area contributed by atoms with Crippen molar-refractivity contribution in [3.63, 3.8) is 0 Å². The average Bonchev–Trinajstić information content (AvgIpc) is 2.85. The van der Waals surface area contributed by atoms with Crippen LogP contribution < -0.4 is 9.62 Å². The zero-order valence-electron chi connectivity index (χ0n) is 21.7. The summed E-state index contributed by atoms with van der Waals surface area (Å²) in [4.78, 5) is 28.0. The van der Waals surface area contributed by atoms with E-state index in [0.717, 1.165) is 21.0 Å². The molecule has 3 aromatic rings. The highest BCUT2D eigenvalue weighted by Gasteiger charge is 2.32. The van der Waals surface area contributed by atoms with Crippen molar-refractivity contribution in [2.75, 3.05) is 17.4 Å². The van der Waals surface area contributed by atoms with Gasteiger partial charge in [0.05, 0.1) is 10.6 Å². The number of halogens is 2. The number of hydrogen-bond donors (Lipinski definition) is 1. The van der Waals surface area contributed by atoms with Crippen LogP contribution in [0.2, 0.25) is 10.0 Å². The first-order valence-electron chi connectivity index (χ1n) is 12.1. The molecule has 0 unspecified atom stereocenters. The van der Waals surface area contributed by atoms with Crippen molar-refractivity contribution >= 4 is 50.7 Å². The van der Waals surface area contributed by atoms with Crippen LogP contribution in [0.3, 0.4) is 0 Å². The van der Waals surface area contributed by atoms with E-state index >= 15 is 0 Å². The van der Waals surface area contributed by atoms with Gasteiger partial charge in [0, 0.05) is 23.1 Å². The number of carbonyl (C=O) groups is 2. The largest absolute Gasteiger partial charge is 0.355 e. The van der Waals surface area contributed by atoms with Crippen molar-refractivity contribution in [2.45, 2.75) is 45.2 Å². The molecule has 0 radical (unpaired) electrons. The van der Waals surface area contributed by atoms with Crippen molar-refractivity contribution in [1.82, 2.24) is 10.2 Å². The van der Waals surface area contributed by atoms with Gasteiger partial charge in [0.15, 0.2) is 0 Å². The quantitative estimate of drug-likeness (QED) is 0.352. The number of amides is 2. The standard InChI is InChI=1S/C28H31Cl2N3O4S/c1-5-31-28(35)21(4)32(17-22-8-6-7-20(3)13-22)27(34)18-33(25-15-23(29)14-24(30)16-25)38(36,37)26-11-9-19(2)10-12-26/h6-16,21H,5,17-18H2,1-4H3,(H,31,35)/t21-/m1/s1. The molecule has 1 atom stereocenters. The van der Waals surface area contributed by atoms with Gasteiger partial charge in [-0.1, -0.05) is 70.7 Å². The molecule has 202 valence electrons. The molecule has 0 aliphatic heterocycles. The summed E-state index contributed by atoms with van der Waals surface area (Å²) in [6.07, 6.45) is 0. The van der Waals surface area contributed by atoms with Crippen LogP contribution in [0, 0.1) is 13.8 Å². The normalized spacial score (nSPS) is 12.1. The van der Waals surface area contributed by atoms with Crippen LogP contribution in [-0.4, -0.2) is 44.3 Å². The van der Waals surface area contributed by atoms with Gasteiger partial charge < -0.3 is 10.2 Å². The molecular formula is C28H31Cl2N3O4S. The lowest BCUT2D eigenvalue weighted by atomic mass is 10.1. The second kappa shape index (κ2) is 12.7. The highest BCUT2D eigenvalue weighted by molar-refractivity contribution is 7.92. The first kappa shape index (κ1) is 29.5. The molecule has 0 bridgehead atoms. The lowest BCUT2D eigenvalue weighted by Gasteiger charge is -2.32. The Morgan fingerprint density at radius 1 is 0.921 bits per heavy atom. The fourth-order valence-electron chi connectivity index (χ4n) is 3.96. The molecule has 3 aromatic carbocycles. The lowest BCUT2D eigenvalue weighted by molar-refractivity contribution is -0.139. The smallest absolute Gasteiger partial charge is 0.264 e. The minimum atomic E-state index is -4.20. The lowest BCUT2D eigenvalue weighted by Crippen LogP contribution is -2.51. The van der Waals surface area contributed by atoms with Crippen LogP contribution in [0.4, 0.5) is 5.69 Å². The van der Waals surface area contributed by atoms with Crippen molar-refractivity contribution < 1.29 is 18.0 Å². The van der Waals surface area contributed by atoms with Crippen LogP contribution in [-0.2, 0) is 26.2 Å². The summed E-state index contributed by atoms with van der Waals surface area (Å²) in [5.41, 5.74) is 2.83. The number of nitrogens with zero attached hydrogens (tertiary/aromatic N) is 2. The molecular weight excluding hydrogens is 545 g/mol. The number of carbonyl (C=O) groups excluding carboxylic acids is 2. The van der Waals surface area contributed by atoms with E-state index in [-0.39, 0.29) is 33.1 Å². The Kier molecular flexibility index (Phi) is 9.82. The summed E-state index contributed by atoms with van der Waals surface area (Å²) in [5.74, 6) is -0.899. The maximum atomic E-state index is 13.8. The van der Waals surface area contributed by atoms with E-state index in [1.807, 2.05) is 38.1 Å². The monoisotopic (exact) mass is 575 g/mol. The zero-order valence-corrected chi connectivity index (χ0v) is 24.1. The number of nitrogens with one attached hydrogen (secondary N) is 1. The van der Waals surface area contributed by atoms with E-state index in [1.165, 1.54) is 35.2 Å². The van der Waals surface area contributed by atoms with Gasteiger partial charge in [-0.3, -0.25) is 13.9 Å². The molecule has 1 N–H and O–H groups in total. The molecule has 2 amide bonds. The van der Waals surface area contributed by atoms with Crippen LogP contribution in [0.5, 0.6) is 0 Å². The van der Waals surface area contributed by atoms with Crippen molar-refractivity contribution in [2.24, 2.45) is 0 Å². The summed E-state index contributed by atoms with van der Waals surface area (Å²) in [6.45, 7) is 7.13. The second-order valence-electron chi connectivity index (χ2n) is 9.03. The molecule has 0 spiro atoms. The fraction of sp³-hybridized carbons (Fsp3) is 0.286. The fourth-order valence-corrected chi connectivity index (χ4v) is 5.87. The van der Waals surface area contributed by atoms with E-state index in [9.17, 15) is 18.0 Å². The summed E-state index contributed by atoms with van der Waals surface area (Å²) < 4.78 is 28.6. The van der Waals surface area contributed by atoms with Gasteiger partial charge in [0.1, 0.15) is 12.6 Å². The maximum absolute atomic E-state index is 13.8. The summed E-state index contributed by atoms with van der Waals surface area (Å²) in [7, 11) is -4.20. The zero-order chi connectivity index (χ0) is 28.0. The third kappa shape index (κ3) is 7.28. The molecule has 0 saturated carbocycles. The van der Waals surface area contributed by atoms with Gasteiger partial charge >= 0.3 is 0 Å². The van der Waals surface area contributed by atoms with Crippen LogP contribution in [0.1, 0.15) is 30.5 Å². The van der Waals surface area contributed by atoms with Gasteiger partial charge in [-0.2, -0.15) is 0 Å². The number of anilines is 1. The van der Waals surface area contributed by atoms with Gasteiger partial charge in [0.2, 0.25) is 11.8 Å². The Bertz CT molecular complexity index is 1390. The predicted octanol–water partition coefficient (Wildman–Crippen LogP) is 5.36. The SMILES string of the molecule is CCNC(=O)[C@@H](C)N(Cc1cccc(C)c1)C(=O)CN(c1cc(Cl)cc(Cl)c1)S(=O)(=O)c1ccc(C)cc1. The van der Waals surface area contributed by atoms with Gasteiger partial charge in [-0.15, -0.1) is 0 Å². The van der Waals surface area contributed by atoms with E-state index in [2.05, 4.69) is 5.32 Å². The Morgan fingerprint density at radius 3 is 2.13 bits per heavy atom. The molecule has 7 nitrogen and oxygen atoms in total. The van der Waals surface area contributed by atoms with Crippen LogP contribution >= 0.6 is 23.2 Å². The van der Waals surface area contributed by atoms with E-state index in [4.69, 9.17) is 23.2 Å². The Hall–Kier alpha value is -3.07. The minimum absolute atomic E-state index is 0.00834. The summed E-state index contributed by atoms with van der Waals surface area (Å²) in [6, 6.07) is 17.4. The van der Waals surface area contributed by atoms with Crippen LogP contribution in [0.15, 0.2) is 71.6 Å². The van der Waals surface area contributed by atoms with E-state index in [1.54, 1.807) is 26.0 Å². The Labute approximate surface area is 234 Å². The van der Waals surface area contributed by atoms with Crippen LogP contribution in [0.25, 0.3) is 0 Å². The molecule has 0 saturated heterocycles. The number of likely N-dealkylation sites (N-methyl/N-ethyl adjacent to an activating group) is 1. The molecule has 0 aromatic heterocycles. The van der Waals surface area contributed by atoms with Crippen molar-refractivity contribution in [3.05, 3.63) is 93.5 Å². The first-order valence-corrected chi connectivity index (χ1v) is 14.3. The number of sulfonamides is 1. The Morgan fingerprint density at radius 2 is 1.55 bits per heavy atom. The number of hydrogen-bond acceptors (Lipinski definition) is 4. The van der Waals surface area contributed by atoms with Gasteiger partial charge in [-0.05, 0) is 63.6 Å². The minimum Gasteiger partial charge on any atom is -0.355 e.